The van der Waals surface area contributed by atoms with Crippen LogP contribution in [0.4, 0.5) is 0 Å². The first kappa shape index (κ1) is 33.1. The standard InChI is InChI=1S/C20H20N2O4.C13H13BrN2O3/c1-25-18-9-7-15(8-10-18)12-22-20(24)19(11-17(13-23)21-22)26-14-16-5-3-2-4-6-16;1-19-11-4-2-9(3-5-11)7-16-13(18)12(14)6-10(8-17)15-16/h2-11,23H,12-14H2,1H3;2-6,17H,7-8H2,1H3. The number of hydrogen-bond donors (Lipinski definition) is 2. The first-order chi connectivity index (χ1) is 21.8. The van der Waals surface area contributed by atoms with Gasteiger partial charge in [-0.15, -0.1) is 0 Å². The Morgan fingerprint density at radius 2 is 1.16 bits per heavy atom. The molecule has 12 heteroatoms. The molecule has 5 aromatic rings. The Labute approximate surface area is 268 Å². The molecule has 0 unspecified atom stereocenters. The molecule has 0 spiro atoms. The summed E-state index contributed by atoms with van der Waals surface area (Å²) in [4.78, 5) is 24.6. The number of rotatable bonds is 11. The Morgan fingerprint density at radius 3 is 1.64 bits per heavy atom. The highest BCUT2D eigenvalue weighted by atomic mass is 79.9. The summed E-state index contributed by atoms with van der Waals surface area (Å²) < 4.78 is 18.9. The van der Waals surface area contributed by atoms with Crippen LogP contribution in [0, 0.1) is 0 Å². The minimum Gasteiger partial charge on any atom is -0.497 e. The van der Waals surface area contributed by atoms with Gasteiger partial charge in [0.2, 0.25) is 0 Å². The number of nitrogens with zero attached hydrogens (tertiary/aromatic N) is 4. The third kappa shape index (κ3) is 9.35. The van der Waals surface area contributed by atoms with Gasteiger partial charge in [-0.25, -0.2) is 9.36 Å². The predicted octanol–water partition coefficient (Wildman–Crippen LogP) is 3.93. The second kappa shape index (κ2) is 16.3. The van der Waals surface area contributed by atoms with E-state index in [0.717, 1.165) is 28.2 Å². The molecule has 0 aliphatic rings. The highest BCUT2D eigenvalue weighted by Crippen LogP contribution is 2.14. The number of aliphatic hydroxyl groups excluding tert-OH is 2. The third-order valence-electron chi connectivity index (χ3n) is 6.52. The number of benzene rings is 3. The van der Waals surface area contributed by atoms with Crippen LogP contribution in [0.3, 0.4) is 0 Å². The normalized spacial score (nSPS) is 10.5. The minimum absolute atomic E-state index is 0.168. The fourth-order valence-corrected chi connectivity index (χ4v) is 4.61. The molecule has 0 saturated carbocycles. The largest absolute Gasteiger partial charge is 0.497 e. The van der Waals surface area contributed by atoms with Crippen LogP contribution < -0.4 is 25.3 Å². The van der Waals surface area contributed by atoms with Crippen molar-refractivity contribution < 1.29 is 24.4 Å². The fraction of sp³-hybridized carbons (Fsp3) is 0.212. The summed E-state index contributed by atoms with van der Waals surface area (Å²) in [5.41, 5.74) is 3.03. The number of methoxy groups -OCH3 is 2. The van der Waals surface area contributed by atoms with Gasteiger partial charge in [0, 0.05) is 6.07 Å². The summed E-state index contributed by atoms with van der Waals surface area (Å²) in [5.74, 6) is 1.67. The summed E-state index contributed by atoms with van der Waals surface area (Å²) in [6, 6.07) is 27.3. The van der Waals surface area contributed by atoms with Crippen molar-refractivity contribution in [2.45, 2.75) is 32.9 Å². The van der Waals surface area contributed by atoms with Gasteiger partial charge in [-0.05, 0) is 63.0 Å². The van der Waals surface area contributed by atoms with Crippen LogP contribution in [0.15, 0.2) is 105 Å². The molecule has 2 aromatic heterocycles. The second-order valence-electron chi connectivity index (χ2n) is 9.70. The molecule has 11 nitrogen and oxygen atoms in total. The van der Waals surface area contributed by atoms with Gasteiger partial charge in [0.15, 0.2) is 5.75 Å². The Balaban J connectivity index is 0.000000215. The molecule has 45 heavy (non-hydrogen) atoms. The lowest BCUT2D eigenvalue weighted by Gasteiger charge is -2.11. The van der Waals surface area contributed by atoms with Crippen LogP contribution in [0.25, 0.3) is 0 Å². The lowest BCUT2D eigenvalue weighted by molar-refractivity contribution is 0.265. The molecular weight excluding hydrogens is 644 g/mol. The first-order valence-corrected chi connectivity index (χ1v) is 14.6. The van der Waals surface area contributed by atoms with Gasteiger partial charge in [-0.3, -0.25) is 9.59 Å². The summed E-state index contributed by atoms with van der Waals surface area (Å²) >= 11 is 3.17. The predicted molar refractivity (Wildman–Crippen MR) is 172 cm³/mol. The van der Waals surface area contributed by atoms with Crippen molar-refractivity contribution >= 4 is 15.9 Å². The Kier molecular flexibility index (Phi) is 12.0. The van der Waals surface area contributed by atoms with Crippen LogP contribution >= 0.6 is 15.9 Å². The Morgan fingerprint density at radius 1 is 0.667 bits per heavy atom. The number of aromatic nitrogens is 4. The summed E-state index contributed by atoms with van der Waals surface area (Å²) in [5, 5.41) is 26.8. The van der Waals surface area contributed by atoms with Crippen LogP contribution in [0.1, 0.15) is 28.1 Å². The maximum Gasteiger partial charge on any atom is 0.309 e. The summed E-state index contributed by atoms with van der Waals surface area (Å²) in [7, 11) is 3.20. The number of hydrogen-bond acceptors (Lipinski definition) is 9. The van der Waals surface area contributed by atoms with Gasteiger partial charge in [0.1, 0.15) is 18.1 Å². The molecule has 0 aliphatic carbocycles. The van der Waals surface area contributed by atoms with Gasteiger partial charge in [-0.2, -0.15) is 10.2 Å². The first-order valence-electron chi connectivity index (χ1n) is 13.8. The monoisotopic (exact) mass is 676 g/mol. The zero-order valence-electron chi connectivity index (χ0n) is 24.8. The molecule has 0 saturated heterocycles. The van der Waals surface area contributed by atoms with Crippen molar-refractivity contribution in [1.29, 1.82) is 0 Å². The van der Waals surface area contributed by atoms with E-state index in [1.54, 1.807) is 14.2 Å². The van der Waals surface area contributed by atoms with Crippen molar-refractivity contribution in [2.75, 3.05) is 14.2 Å². The van der Waals surface area contributed by atoms with Gasteiger partial charge in [0.25, 0.3) is 5.56 Å². The third-order valence-corrected chi connectivity index (χ3v) is 7.09. The van der Waals surface area contributed by atoms with Gasteiger partial charge < -0.3 is 24.4 Å². The van der Waals surface area contributed by atoms with Crippen molar-refractivity contribution in [1.82, 2.24) is 19.6 Å². The molecule has 0 bridgehead atoms. The molecule has 2 heterocycles. The van der Waals surface area contributed by atoms with E-state index >= 15 is 0 Å². The molecule has 0 amide bonds. The molecule has 234 valence electrons. The lowest BCUT2D eigenvalue weighted by atomic mass is 10.2. The minimum atomic E-state index is -0.339. The van der Waals surface area contributed by atoms with E-state index < -0.39 is 0 Å². The molecular formula is C33H33BrN4O7. The summed E-state index contributed by atoms with van der Waals surface area (Å²) in [6.07, 6.45) is 0. The zero-order valence-corrected chi connectivity index (χ0v) is 26.4. The van der Waals surface area contributed by atoms with E-state index in [0.29, 0.717) is 22.4 Å². The fourth-order valence-electron chi connectivity index (χ4n) is 4.15. The quantitative estimate of drug-likeness (QED) is 0.213. The average Bonchev–Trinajstić information content (AvgIpc) is 3.08. The van der Waals surface area contributed by atoms with Gasteiger partial charge in [0.05, 0.1) is 56.4 Å². The van der Waals surface area contributed by atoms with Crippen molar-refractivity contribution in [3.05, 3.63) is 144 Å². The van der Waals surface area contributed by atoms with Gasteiger partial charge in [-0.1, -0.05) is 54.6 Å². The molecule has 0 aliphatic heterocycles. The van der Waals surface area contributed by atoms with Crippen LogP contribution in [-0.4, -0.2) is 44.0 Å². The molecule has 2 N–H and O–H groups in total. The van der Waals surface area contributed by atoms with Gasteiger partial charge >= 0.3 is 5.56 Å². The van der Waals surface area contributed by atoms with Crippen molar-refractivity contribution in [3.63, 3.8) is 0 Å². The topological polar surface area (TPSA) is 138 Å². The lowest BCUT2D eigenvalue weighted by Crippen LogP contribution is -2.26. The Hall–Kier alpha value is -4.78. The summed E-state index contributed by atoms with van der Waals surface area (Å²) in [6.45, 7) is 0.410. The molecule has 5 rings (SSSR count). The second-order valence-corrected chi connectivity index (χ2v) is 10.6. The molecule has 0 atom stereocenters. The molecule has 0 fully saturated rings. The van der Waals surface area contributed by atoms with Crippen LogP contribution in [-0.2, 0) is 32.9 Å². The maximum absolute atomic E-state index is 12.7. The Bertz CT molecular complexity index is 1790. The van der Waals surface area contributed by atoms with E-state index in [1.807, 2.05) is 78.9 Å². The van der Waals surface area contributed by atoms with E-state index in [9.17, 15) is 14.7 Å². The number of halogens is 1. The number of aliphatic hydroxyl groups is 2. The van der Waals surface area contributed by atoms with Crippen molar-refractivity contribution in [3.8, 4) is 17.2 Å². The SMILES string of the molecule is COc1ccc(Cn2nc(CO)cc(Br)c2=O)cc1.COc1ccc(Cn2nc(CO)cc(OCc3ccccc3)c2=O)cc1. The molecule has 3 aromatic carbocycles. The van der Waals surface area contributed by atoms with Crippen molar-refractivity contribution in [2.24, 2.45) is 0 Å². The van der Waals surface area contributed by atoms with Crippen LogP contribution in [0.5, 0.6) is 17.2 Å². The van der Waals surface area contributed by atoms with E-state index in [4.69, 9.17) is 19.3 Å². The smallest absolute Gasteiger partial charge is 0.309 e. The zero-order chi connectivity index (χ0) is 32.2. The van der Waals surface area contributed by atoms with E-state index in [2.05, 4.69) is 26.1 Å². The average molecular weight is 678 g/mol. The van der Waals surface area contributed by atoms with E-state index in [1.165, 1.54) is 21.5 Å². The highest BCUT2D eigenvalue weighted by Gasteiger charge is 2.11. The molecule has 0 radical (unpaired) electrons. The number of ether oxygens (including phenoxy) is 3. The maximum atomic E-state index is 12.7. The van der Waals surface area contributed by atoms with E-state index in [-0.39, 0.29) is 43.2 Å². The highest BCUT2D eigenvalue weighted by molar-refractivity contribution is 9.10. The van der Waals surface area contributed by atoms with Crippen LogP contribution in [0.2, 0.25) is 0 Å².